The van der Waals surface area contributed by atoms with E-state index in [2.05, 4.69) is 11.8 Å². The number of ether oxygens (including phenoxy) is 1. The summed E-state index contributed by atoms with van der Waals surface area (Å²) < 4.78 is 5.68. The third-order valence-electron chi connectivity index (χ3n) is 3.42. The maximum atomic E-state index is 6.08. The van der Waals surface area contributed by atoms with E-state index in [1.54, 1.807) is 6.07 Å². The van der Waals surface area contributed by atoms with Crippen molar-refractivity contribution in [3.8, 4) is 0 Å². The van der Waals surface area contributed by atoms with Gasteiger partial charge in [-0.25, -0.2) is 0 Å². The van der Waals surface area contributed by atoms with E-state index in [1.165, 1.54) is 0 Å². The number of hydrogen-bond donors (Lipinski definition) is 1. The van der Waals surface area contributed by atoms with Crippen molar-refractivity contribution in [2.45, 2.75) is 25.5 Å². The van der Waals surface area contributed by atoms with Crippen LogP contribution < -0.4 is 5.73 Å². The fourth-order valence-electron chi connectivity index (χ4n) is 2.57. The molecule has 1 fully saturated rings. The summed E-state index contributed by atoms with van der Waals surface area (Å²) in [6.45, 7) is 5.31. The van der Waals surface area contributed by atoms with E-state index in [1.807, 2.05) is 12.1 Å². The zero-order valence-corrected chi connectivity index (χ0v) is 12.6. The summed E-state index contributed by atoms with van der Waals surface area (Å²) in [7, 11) is 0. The molecule has 0 spiro atoms. The molecule has 1 aromatic carbocycles. The molecule has 5 heteroatoms. The van der Waals surface area contributed by atoms with Crippen LogP contribution in [0.15, 0.2) is 18.2 Å². The van der Waals surface area contributed by atoms with Gasteiger partial charge in [-0.15, -0.1) is 0 Å². The lowest BCUT2D eigenvalue weighted by Gasteiger charge is -2.31. The van der Waals surface area contributed by atoms with E-state index in [0.29, 0.717) is 16.6 Å². The van der Waals surface area contributed by atoms with Gasteiger partial charge in [-0.2, -0.15) is 0 Å². The first-order valence-electron chi connectivity index (χ1n) is 6.62. The van der Waals surface area contributed by atoms with Crippen molar-refractivity contribution in [1.82, 2.24) is 4.90 Å². The lowest BCUT2D eigenvalue weighted by atomic mass is 10.0. The highest BCUT2D eigenvalue weighted by Gasteiger charge is 2.23. The number of rotatable bonds is 3. The van der Waals surface area contributed by atoms with Gasteiger partial charge in [0.05, 0.1) is 6.10 Å². The van der Waals surface area contributed by atoms with Crippen LogP contribution in [0, 0.1) is 0 Å². The molecule has 106 valence electrons. The Morgan fingerprint density at radius 2 is 2.05 bits per heavy atom. The Bertz CT molecular complexity index is 408. The third-order valence-corrected chi connectivity index (χ3v) is 3.85. The van der Waals surface area contributed by atoms with Crippen molar-refractivity contribution < 1.29 is 4.74 Å². The first-order valence-corrected chi connectivity index (χ1v) is 7.37. The fourth-order valence-corrected chi connectivity index (χ4v) is 3.12. The van der Waals surface area contributed by atoms with Gasteiger partial charge >= 0.3 is 0 Å². The predicted octanol–water partition coefficient (Wildman–Crippen LogP) is 3.10. The lowest BCUT2D eigenvalue weighted by Crippen LogP contribution is -2.37. The first-order chi connectivity index (χ1) is 9.10. The molecule has 2 rings (SSSR count). The average molecular weight is 303 g/mol. The highest BCUT2D eigenvalue weighted by atomic mass is 35.5. The van der Waals surface area contributed by atoms with Gasteiger partial charge in [-0.1, -0.05) is 23.2 Å². The smallest absolute Gasteiger partial charge is 0.0674 e. The second kappa shape index (κ2) is 6.91. The molecule has 0 aromatic heterocycles. The minimum atomic E-state index is 0.139. The van der Waals surface area contributed by atoms with Crippen molar-refractivity contribution in [2.75, 3.05) is 26.2 Å². The molecule has 0 radical (unpaired) electrons. The van der Waals surface area contributed by atoms with Gasteiger partial charge < -0.3 is 10.5 Å². The van der Waals surface area contributed by atoms with Crippen LogP contribution in [0.2, 0.25) is 10.0 Å². The fraction of sp³-hybridized carbons (Fsp3) is 0.571. The van der Waals surface area contributed by atoms with Crippen LogP contribution in [-0.2, 0) is 4.74 Å². The molecular weight excluding hydrogens is 283 g/mol. The quantitative estimate of drug-likeness (QED) is 0.932. The topological polar surface area (TPSA) is 38.5 Å². The van der Waals surface area contributed by atoms with E-state index in [-0.39, 0.29) is 12.1 Å². The molecule has 1 aliphatic heterocycles. The van der Waals surface area contributed by atoms with Gasteiger partial charge in [-0.05, 0) is 37.1 Å². The van der Waals surface area contributed by atoms with E-state index in [4.69, 9.17) is 33.7 Å². The van der Waals surface area contributed by atoms with E-state index in [0.717, 1.165) is 31.7 Å². The SMILES string of the molecule is CC1CN(C(CN)c2cc(Cl)cc(Cl)c2)CCCO1. The Morgan fingerprint density at radius 3 is 2.68 bits per heavy atom. The Morgan fingerprint density at radius 1 is 1.37 bits per heavy atom. The van der Waals surface area contributed by atoms with Crippen LogP contribution >= 0.6 is 23.2 Å². The molecule has 2 N–H and O–H groups in total. The molecule has 1 heterocycles. The second-order valence-corrected chi connectivity index (χ2v) is 5.86. The molecule has 0 saturated carbocycles. The number of nitrogens with zero attached hydrogens (tertiary/aromatic N) is 1. The van der Waals surface area contributed by atoms with Crippen molar-refractivity contribution in [2.24, 2.45) is 5.73 Å². The van der Waals surface area contributed by atoms with Gasteiger partial charge in [0.2, 0.25) is 0 Å². The van der Waals surface area contributed by atoms with Crippen LogP contribution in [0.25, 0.3) is 0 Å². The molecule has 3 nitrogen and oxygen atoms in total. The zero-order valence-electron chi connectivity index (χ0n) is 11.1. The van der Waals surface area contributed by atoms with Crippen LogP contribution in [-0.4, -0.2) is 37.2 Å². The number of nitrogens with two attached hydrogens (primary N) is 1. The lowest BCUT2D eigenvalue weighted by molar-refractivity contribution is 0.0612. The normalized spacial score (nSPS) is 23.1. The zero-order chi connectivity index (χ0) is 13.8. The first kappa shape index (κ1) is 15.1. The highest BCUT2D eigenvalue weighted by molar-refractivity contribution is 6.34. The summed E-state index contributed by atoms with van der Waals surface area (Å²) in [6, 6.07) is 5.78. The molecule has 2 atom stereocenters. The van der Waals surface area contributed by atoms with Gasteiger partial charge in [0, 0.05) is 42.3 Å². The largest absolute Gasteiger partial charge is 0.377 e. The highest BCUT2D eigenvalue weighted by Crippen LogP contribution is 2.27. The Hall–Kier alpha value is -0.320. The maximum absolute atomic E-state index is 6.08. The number of hydrogen-bond acceptors (Lipinski definition) is 3. The van der Waals surface area contributed by atoms with Crippen molar-refractivity contribution in [1.29, 1.82) is 0 Å². The summed E-state index contributed by atoms with van der Waals surface area (Å²) in [5, 5.41) is 1.31. The Balaban J connectivity index is 2.22. The van der Waals surface area contributed by atoms with Crippen molar-refractivity contribution in [3.05, 3.63) is 33.8 Å². The van der Waals surface area contributed by atoms with Crippen LogP contribution in [0.3, 0.4) is 0 Å². The number of halogens is 2. The third kappa shape index (κ3) is 4.07. The second-order valence-electron chi connectivity index (χ2n) is 4.98. The minimum absolute atomic E-state index is 0.139. The standard InChI is InChI=1S/C14H20Cl2N2O/c1-10-9-18(3-2-4-19-10)14(8-17)11-5-12(15)7-13(16)6-11/h5-7,10,14H,2-4,8-9,17H2,1H3. The summed E-state index contributed by atoms with van der Waals surface area (Å²) in [6.07, 6.45) is 1.25. The molecule has 0 amide bonds. The number of benzene rings is 1. The minimum Gasteiger partial charge on any atom is -0.377 e. The molecule has 1 aliphatic rings. The molecular formula is C14H20Cl2N2O. The van der Waals surface area contributed by atoms with Gasteiger partial charge in [0.1, 0.15) is 0 Å². The monoisotopic (exact) mass is 302 g/mol. The summed E-state index contributed by atoms with van der Waals surface area (Å²) in [4.78, 5) is 2.36. The van der Waals surface area contributed by atoms with Gasteiger partial charge in [0.25, 0.3) is 0 Å². The van der Waals surface area contributed by atoms with Gasteiger partial charge in [-0.3, -0.25) is 4.90 Å². The van der Waals surface area contributed by atoms with E-state index < -0.39 is 0 Å². The van der Waals surface area contributed by atoms with Gasteiger partial charge in [0.15, 0.2) is 0 Å². The summed E-state index contributed by atoms with van der Waals surface area (Å²) in [5.41, 5.74) is 7.04. The van der Waals surface area contributed by atoms with E-state index >= 15 is 0 Å². The Kier molecular flexibility index (Phi) is 5.48. The maximum Gasteiger partial charge on any atom is 0.0674 e. The molecule has 0 bridgehead atoms. The molecule has 1 aromatic rings. The van der Waals surface area contributed by atoms with Crippen molar-refractivity contribution in [3.63, 3.8) is 0 Å². The van der Waals surface area contributed by atoms with Crippen LogP contribution in [0.4, 0.5) is 0 Å². The summed E-state index contributed by atoms with van der Waals surface area (Å²) >= 11 is 12.2. The van der Waals surface area contributed by atoms with Crippen molar-refractivity contribution >= 4 is 23.2 Å². The molecule has 2 unspecified atom stereocenters. The van der Waals surface area contributed by atoms with E-state index in [9.17, 15) is 0 Å². The average Bonchev–Trinajstić information content (AvgIpc) is 2.54. The molecule has 19 heavy (non-hydrogen) atoms. The molecule has 0 aliphatic carbocycles. The van der Waals surface area contributed by atoms with Crippen LogP contribution in [0.5, 0.6) is 0 Å². The predicted molar refractivity (Wildman–Crippen MR) is 79.9 cm³/mol. The Labute approximate surface area is 124 Å². The summed E-state index contributed by atoms with van der Waals surface area (Å²) in [5.74, 6) is 0. The van der Waals surface area contributed by atoms with Crippen LogP contribution in [0.1, 0.15) is 24.9 Å². The molecule has 1 saturated heterocycles.